The number of amides is 1. The summed E-state index contributed by atoms with van der Waals surface area (Å²) in [4.78, 5) is 22.2. The van der Waals surface area contributed by atoms with Crippen LogP contribution < -0.4 is 14.8 Å². The standard InChI is InChI=1S/C25H32N4O3S/c1-17(20-15-19(31-3)9-10-22(20)32-4)26-24(30)16-28-11-13-29(14-12-28)18(2)25-27-21-7-5-6-8-23(21)33-25/h5-10,15,17-18H,11-14,16H2,1-4H3,(H,26,30)/t17-,18-/m1/s1. The maximum atomic E-state index is 12.7. The Morgan fingerprint density at radius 2 is 1.85 bits per heavy atom. The number of hydrogen-bond donors (Lipinski definition) is 1. The van der Waals surface area contributed by atoms with E-state index in [0.29, 0.717) is 6.54 Å². The van der Waals surface area contributed by atoms with E-state index in [2.05, 4.69) is 40.2 Å². The highest BCUT2D eigenvalue weighted by atomic mass is 32.1. The molecule has 2 aromatic carbocycles. The van der Waals surface area contributed by atoms with Crippen molar-refractivity contribution in [2.75, 3.05) is 46.9 Å². The van der Waals surface area contributed by atoms with Crippen LogP contribution in [-0.4, -0.2) is 67.6 Å². The Balaban J connectivity index is 1.29. The van der Waals surface area contributed by atoms with Crippen molar-refractivity contribution in [1.29, 1.82) is 0 Å². The summed E-state index contributed by atoms with van der Waals surface area (Å²) in [6.45, 7) is 8.14. The van der Waals surface area contributed by atoms with E-state index in [-0.39, 0.29) is 18.0 Å². The number of nitrogens with one attached hydrogen (secondary N) is 1. The maximum absolute atomic E-state index is 12.7. The third-order valence-corrected chi connectivity index (χ3v) is 7.48. The van der Waals surface area contributed by atoms with E-state index in [1.807, 2.05) is 31.2 Å². The summed E-state index contributed by atoms with van der Waals surface area (Å²) < 4.78 is 12.0. The van der Waals surface area contributed by atoms with E-state index in [4.69, 9.17) is 14.5 Å². The van der Waals surface area contributed by atoms with E-state index < -0.39 is 0 Å². The second kappa shape index (κ2) is 10.5. The number of carbonyl (C=O) groups is 1. The molecule has 0 radical (unpaired) electrons. The summed E-state index contributed by atoms with van der Waals surface area (Å²) in [5.41, 5.74) is 1.97. The van der Waals surface area contributed by atoms with Gasteiger partial charge in [-0.15, -0.1) is 11.3 Å². The molecule has 1 aromatic heterocycles. The van der Waals surface area contributed by atoms with Crippen LogP contribution in [0, 0.1) is 0 Å². The third-order valence-electron chi connectivity index (χ3n) is 6.27. The van der Waals surface area contributed by atoms with Gasteiger partial charge >= 0.3 is 0 Å². The van der Waals surface area contributed by atoms with Gasteiger partial charge in [0.25, 0.3) is 0 Å². The van der Waals surface area contributed by atoms with Gasteiger partial charge in [0.15, 0.2) is 0 Å². The number of methoxy groups -OCH3 is 2. The van der Waals surface area contributed by atoms with Gasteiger partial charge in [0, 0.05) is 31.7 Å². The van der Waals surface area contributed by atoms with Crippen molar-refractivity contribution in [3.8, 4) is 11.5 Å². The van der Waals surface area contributed by atoms with E-state index in [1.165, 1.54) is 4.70 Å². The molecule has 0 saturated carbocycles. The van der Waals surface area contributed by atoms with Crippen molar-refractivity contribution >= 4 is 27.5 Å². The summed E-state index contributed by atoms with van der Waals surface area (Å²) in [5, 5.41) is 4.26. The lowest BCUT2D eigenvalue weighted by atomic mass is 10.1. The quantitative estimate of drug-likeness (QED) is 0.541. The zero-order chi connectivity index (χ0) is 23.4. The van der Waals surface area contributed by atoms with Gasteiger partial charge in [0.2, 0.25) is 5.91 Å². The highest BCUT2D eigenvalue weighted by molar-refractivity contribution is 7.18. The largest absolute Gasteiger partial charge is 0.497 e. The molecule has 1 amide bonds. The van der Waals surface area contributed by atoms with E-state index in [1.54, 1.807) is 25.6 Å². The SMILES string of the molecule is COc1ccc(OC)c([C@@H](C)NC(=O)CN2CCN([C@H](C)c3nc4ccccc4s3)CC2)c1. The summed E-state index contributed by atoms with van der Waals surface area (Å²) in [6.07, 6.45) is 0. The first kappa shape index (κ1) is 23.5. The first-order chi connectivity index (χ1) is 16.0. The molecule has 8 heteroatoms. The van der Waals surface area contributed by atoms with Gasteiger partial charge in [0.05, 0.1) is 43.1 Å². The predicted octanol–water partition coefficient (Wildman–Crippen LogP) is 3.87. The van der Waals surface area contributed by atoms with Gasteiger partial charge in [-0.3, -0.25) is 14.6 Å². The number of benzene rings is 2. The average molecular weight is 469 g/mol. The number of piperazine rings is 1. The minimum atomic E-state index is -0.178. The Morgan fingerprint density at radius 1 is 1.09 bits per heavy atom. The first-order valence-corrected chi connectivity index (χ1v) is 12.1. The number of rotatable bonds is 8. The van der Waals surface area contributed by atoms with Gasteiger partial charge in [-0.05, 0) is 44.2 Å². The number of thiazole rings is 1. The number of nitrogens with zero attached hydrogens (tertiary/aromatic N) is 3. The van der Waals surface area contributed by atoms with E-state index >= 15 is 0 Å². The number of carbonyl (C=O) groups excluding carboxylic acids is 1. The number of para-hydroxylation sites is 1. The number of ether oxygens (including phenoxy) is 2. The molecule has 176 valence electrons. The molecule has 1 fully saturated rings. The first-order valence-electron chi connectivity index (χ1n) is 11.3. The molecule has 1 saturated heterocycles. The summed E-state index contributed by atoms with van der Waals surface area (Å²) >= 11 is 1.77. The van der Waals surface area contributed by atoms with Crippen LogP contribution in [0.4, 0.5) is 0 Å². The van der Waals surface area contributed by atoms with E-state index in [9.17, 15) is 4.79 Å². The van der Waals surface area contributed by atoms with Crippen LogP contribution in [0.5, 0.6) is 11.5 Å². The highest BCUT2D eigenvalue weighted by Gasteiger charge is 2.25. The molecule has 1 N–H and O–H groups in total. The topological polar surface area (TPSA) is 66.9 Å². The van der Waals surface area contributed by atoms with Gasteiger partial charge in [-0.25, -0.2) is 4.98 Å². The Morgan fingerprint density at radius 3 is 2.55 bits per heavy atom. The molecule has 4 rings (SSSR count). The zero-order valence-electron chi connectivity index (χ0n) is 19.7. The molecule has 0 spiro atoms. The smallest absolute Gasteiger partial charge is 0.234 e. The van der Waals surface area contributed by atoms with Gasteiger partial charge < -0.3 is 14.8 Å². The lowest BCUT2D eigenvalue weighted by Gasteiger charge is -2.37. The number of hydrogen-bond acceptors (Lipinski definition) is 7. The monoisotopic (exact) mass is 468 g/mol. The van der Waals surface area contributed by atoms with Gasteiger partial charge in [-0.2, -0.15) is 0 Å². The fourth-order valence-corrected chi connectivity index (χ4v) is 5.33. The molecule has 0 aliphatic carbocycles. The molecular weight excluding hydrogens is 436 g/mol. The predicted molar refractivity (Wildman–Crippen MR) is 132 cm³/mol. The molecule has 3 aromatic rings. The minimum absolute atomic E-state index is 0.0139. The molecule has 1 aliphatic heterocycles. The van der Waals surface area contributed by atoms with Crippen molar-refractivity contribution in [2.45, 2.75) is 25.9 Å². The third kappa shape index (κ3) is 5.46. The second-order valence-corrected chi connectivity index (χ2v) is 9.47. The molecule has 2 atom stereocenters. The second-order valence-electron chi connectivity index (χ2n) is 8.41. The molecule has 7 nitrogen and oxygen atoms in total. The van der Waals surface area contributed by atoms with Crippen molar-refractivity contribution in [2.24, 2.45) is 0 Å². The van der Waals surface area contributed by atoms with Crippen LogP contribution in [0.3, 0.4) is 0 Å². The molecule has 0 unspecified atom stereocenters. The summed E-state index contributed by atoms with van der Waals surface area (Å²) in [6, 6.07) is 14.0. The summed E-state index contributed by atoms with van der Waals surface area (Å²) in [5.74, 6) is 1.49. The van der Waals surface area contributed by atoms with Crippen molar-refractivity contribution in [1.82, 2.24) is 20.1 Å². The van der Waals surface area contributed by atoms with E-state index in [0.717, 1.165) is 53.8 Å². The Labute approximate surface area is 199 Å². The van der Waals surface area contributed by atoms with Crippen molar-refractivity contribution in [3.63, 3.8) is 0 Å². The average Bonchev–Trinajstić information content (AvgIpc) is 3.28. The Kier molecular flexibility index (Phi) is 7.47. The maximum Gasteiger partial charge on any atom is 0.234 e. The molecule has 1 aliphatic rings. The van der Waals surface area contributed by atoms with Crippen molar-refractivity contribution in [3.05, 3.63) is 53.0 Å². The van der Waals surface area contributed by atoms with Crippen LogP contribution in [-0.2, 0) is 4.79 Å². The lowest BCUT2D eigenvalue weighted by molar-refractivity contribution is -0.123. The Hall–Kier alpha value is -2.68. The van der Waals surface area contributed by atoms with Crippen LogP contribution in [0.2, 0.25) is 0 Å². The normalized spacial score (nSPS) is 17.0. The van der Waals surface area contributed by atoms with Crippen LogP contribution in [0.25, 0.3) is 10.2 Å². The minimum Gasteiger partial charge on any atom is -0.497 e. The fourth-order valence-electron chi connectivity index (χ4n) is 4.28. The molecule has 0 bridgehead atoms. The Bertz CT molecular complexity index is 1060. The number of aromatic nitrogens is 1. The molecule has 33 heavy (non-hydrogen) atoms. The summed E-state index contributed by atoms with van der Waals surface area (Å²) in [7, 11) is 3.26. The highest BCUT2D eigenvalue weighted by Crippen LogP contribution is 2.31. The van der Waals surface area contributed by atoms with Gasteiger partial charge in [0.1, 0.15) is 16.5 Å². The lowest BCUT2D eigenvalue weighted by Crippen LogP contribution is -2.50. The molecule has 2 heterocycles. The fraction of sp³-hybridized carbons (Fsp3) is 0.440. The van der Waals surface area contributed by atoms with Crippen LogP contribution in [0.1, 0.15) is 36.5 Å². The number of fused-ring (bicyclic) bond motifs is 1. The van der Waals surface area contributed by atoms with Crippen LogP contribution in [0.15, 0.2) is 42.5 Å². The van der Waals surface area contributed by atoms with Crippen molar-refractivity contribution < 1.29 is 14.3 Å². The zero-order valence-corrected chi connectivity index (χ0v) is 20.5. The van der Waals surface area contributed by atoms with Crippen LogP contribution >= 0.6 is 11.3 Å². The van der Waals surface area contributed by atoms with Gasteiger partial charge in [-0.1, -0.05) is 12.1 Å². The molecular formula is C25H32N4O3S.